The van der Waals surface area contributed by atoms with Crippen molar-refractivity contribution in [1.82, 2.24) is 5.32 Å². The molecule has 6 nitrogen and oxygen atoms in total. The van der Waals surface area contributed by atoms with Crippen LogP contribution in [0.5, 0.6) is 0 Å². The number of amides is 3. The van der Waals surface area contributed by atoms with Crippen molar-refractivity contribution >= 4 is 46.9 Å². The molecule has 3 N–H and O–H groups in total. The van der Waals surface area contributed by atoms with Crippen LogP contribution < -0.4 is 16.0 Å². The van der Waals surface area contributed by atoms with Crippen LogP contribution in [0.1, 0.15) is 46.8 Å². The number of carbonyl (C=O) groups is 3. The monoisotopic (exact) mass is 617 g/mol. The van der Waals surface area contributed by atoms with Crippen LogP contribution in [0.15, 0.2) is 114 Å². The van der Waals surface area contributed by atoms with Gasteiger partial charge in [-0.2, -0.15) is 13.2 Å². The number of benzene rings is 4. The van der Waals surface area contributed by atoms with Crippen LogP contribution in [0.2, 0.25) is 0 Å². The van der Waals surface area contributed by atoms with E-state index in [1.54, 1.807) is 60.7 Å². The van der Waals surface area contributed by atoms with Crippen molar-refractivity contribution in [3.05, 3.63) is 131 Å². The van der Waals surface area contributed by atoms with E-state index in [2.05, 4.69) is 29.8 Å². The molecule has 226 valence electrons. The van der Waals surface area contributed by atoms with Crippen molar-refractivity contribution in [2.45, 2.75) is 30.8 Å². The third-order valence-corrected chi connectivity index (χ3v) is 7.44. The summed E-state index contributed by atoms with van der Waals surface area (Å²) in [6.07, 6.45) is -2.99. The molecule has 0 fully saturated rings. The minimum atomic E-state index is -4.59. The van der Waals surface area contributed by atoms with Gasteiger partial charge in [0.25, 0.3) is 11.8 Å². The van der Waals surface area contributed by atoms with Gasteiger partial charge in [-0.15, -0.1) is 11.8 Å². The van der Waals surface area contributed by atoms with Crippen LogP contribution in [0, 0.1) is 0 Å². The minimum Gasteiger partial charge on any atom is -0.325 e. The largest absolute Gasteiger partial charge is 0.418 e. The van der Waals surface area contributed by atoms with Crippen LogP contribution in [-0.2, 0) is 15.8 Å². The highest BCUT2D eigenvalue weighted by Gasteiger charge is 2.33. The Bertz CT molecular complexity index is 1640. The molecule has 44 heavy (non-hydrogen) atoms. The number of rotatable bonds is 10. The molecule has 0 saturated carbocycles. The van der Waals surface area contributed by atoms with E-state index in [9.17, 15) is 27.6 Å². The standard InChI is InChI=1S/C34H30F3N3O3S/c1-22(2)24-14-12-23(13-15-24)20-30(40-32(42)25-8-4-3-5-9-25)33(43)38-26-16-18-27(19-17-26)44-21-31(41)39-29-11-7-6-10-28(29)34(35,36)37/h3-20,22H,21H2,1-2H3,(H,38,43)(H,39,41)(H,40,42)/b30-20-. The predicted molar refractivity (Wildman–Crippen MR) is 168 cm³/mol. The first-order chi connectivity index (χ1) is 21.0. The fourth-order valence-corrected chi connectivity index (χ4v) is 4.79. The highest BCUT2D eigenvalue weighted by atomic mass is 32.2. The number of carbonyl (C=O) groups excluding carboxylic acids is 3. The maximum Gasteiger partial charge on any atom is 0.418 e. The van der Waals surface area contributed by atoms with Gasteiger partial charge in [0.1, 0.15) is 5.70 Å². The van der Waals surface area contributed by atoms with Crippen molar-refractivity contribution in [2.24, 2.45) is 0 Å². The lowest BCUT2D eigenvalue weighted by atomic mass is 10.0. The van der Waals surface area contributed by atoms with Crippen LogP contribution in [0.3, 0.4) is 0 Å². The Morgan fingerprint density at radius 2 is 1.43 bits per heavy atom. The van der Waals surface area contributed by atoms with E-state index in [0.717, 1.165) is 29.0 Å². The van der Waals surface area contributed by atoms with Crippen LogP contribution >= 0.6 is 11.8 Å². The van der Waals surface area contributed by atoms with Crippen molar-refractivity contribution in [2.75, 3.05) is 16.4 Å². The first-order valence-corrected chi connectivity index (χ1v) is 14.7. The topological polar surface area (TPSA) is 87.3 Å². The molecule has 4 aromatic carbocycles. The fraction of sp³-hybridized carbons (Fsp3) is 0.147. The Labute approximate surface area is 257 Å². The number of para-hydroxylation sites is 1. The molecule has 0 unspecified atom stereocenters. The highest BCUT2D eigenvalue weighted by molar-refractivity contribution is 8.00. The third kappa shape index (κ3) is 9.08. The fourth-order valence-electron chi connectivity index (χ4n) is 4.09. The highest BCUT2D eigenvalue weighted by Crippen LogP contribution is 2.34. The van der Waals surface area contributed by atoms with Gasteiger partial charge < -0.3 is 16.0 Å². The lowest BCUT2D eigenvalue weighted by molar-refractivity contribution is -0.137. The zero-order chi connectivity index (χ0) is 31.7. The molecule has 4 rings (SSSR count). The zero-order valence-corrected chi connectivity index (χ0v) is 24.8. The number of nitrogens with one attached hydrogen (secondary N) is 3. The molecule has 0 heterocycles. The van der Waals surface area contributed by atoms with E-state index in [1.165, 1.54) is 18.2 Å². The first kappa shape index (κ1) is 32.1. The second-order valence-electron chi connectivity index (χ2n) is 10.1. The van der Waals surface area contributed by atoms with Gasteiger partial charge in [-0.05, 0) is 71.7 Å². The number of hydrogen-bond donors (Lipinski definition) is 3. The molecule has 0 spiro atoms. The number of anilines is 2. The molecule has 0 saturated heterocycles. The maximum absolute atomic E-state index is 13.3. The zero-order valence-electron chi connectivity index (χ0n) is 23.9. The van der Waals surface area contributed by atoms with E-state index in [-0.39, 0.29) is 17.1 Å². The number of halogens is 3. The van der Waals surface area contributed by atoms with Gasteiger partial charge >= 0.3 is 6.18 Å². The quantitative estimate of drug-likeness (QED) is 0.124. The van der Waals surface area contributed by atoms with Gasteiger partial charge in [0.2, 0.25) is 5.91 Å². The minimum absolute atomic E-state index is 0.0467. The molecule has 0 aromatic heterocycles. The predicted octanol–water partition coefficient (Wildman–Crippen LogP) is 7.97. The summed E-state index contributed by atoms with van der Waals surface area (Å²) in [6, 6.07) is 27.6. The molecule has 0 aliphatic heterocycles. The summed E-state index contributed by atoms with van der Waals surface area (Å²) in [4.78, 5) is 39.2. The van der Waals surface area contributed by atoms with Gasteiger partial charge in [0, 0.05) is 16.1 Å². The molecule has 0 atom stereocenters. The normalized spacial score (nSPS) is 11.6. The van der Waals surface area contributed by atoms with Gasteiger partial charge in [-0.1, -0.05) is 68.4 Å². The lowest BCUT2D eigenvalue weighted by Crippen LogP contribution is -2.30. The van der Waals surface area contributed by atoms with Gasteiger partial charge in [0.15, 0.2) is 0 Å². The summed E-state index contributed by atoms with van der Waals surface area (Å²) in [7, 11) is 0. The van der Waals surface area contributed by atoms with Crippen LogP contribution in [0.4, 0.5) is 24.5 Å². The van der Waals surface area contributed by atoms with Gasteiger partial charge in [0.05, 0.1) is 17.0 Å². The molecule has 0 radical (unpaired) electrons. The average Bonchev–Trinajstić information content (AvgIpc) is 3.00. The summed E-state index contributed by atoms with van der Waals surface area (Å²) >= 11 is 1.13. The molecule has 3 amide bonds. The number of thioether (sulfide) groups is 1. The summed E-state index contributed by atoms with van der Waals surface area (Å²) in [5.41, 5.74) is 1.54. The summed E-state index contributed by atoms with van der Waals surface area (Å²) in [5, 5.41) is 7.80. The van der Waals surface area contributed by atoms with Crippen LogP contribution in [-0.4, -0.2) is 23.5 Å². The Kier molecular flexibility index (Phi) is 10.6. The molecular weight excluding hydrogens is 587 g/mol. The molecule has 10 heteroatoms. The SMILES string of the molecule is CC(C)c1ccc(/C=C(\NC(=O)c2ccccc2)C(=O)Nc2ccc(SCC(=O)Nc3ccccc3C(F)(F)F)cc2)cc1. The van der Waals surface area contributed by atoms with E-state index >= 15 is 0 Å². The second-order valence-corrected chi connectivity index (χ2v) is 11.1. The van der Waals surface area contributed by atoms with E-state index in [4.69, 9.17) is 0 Å². The Morgan fingerprint density at radius 3 is 2.07 bits per heavy atom. The molecule has 0 aliphatic rings. The van der Waals surface area contributed by atoms with Gasteiger partial charge in [-0.25, -0.2) is 0 Å². The summed E-state index contributed by atoms with van der Waals surface area (Å²) in [6.45, 7) is 4.17. The number of alkyl halides is 3. The van der Waals surface area contributed by atoms with Crippen molar-refractivity contribution in [1.29, 1.82) is 0 Å². The van der Waals surface area contributed by atoms with E-state index in [0.29, 0.717) is 22.1 Å². The maximum atomic E-state index is 13.3. The molecule has 0 aliphatic carbocycles. The Hall–Kier alpha value is -4.83. The first-order valence-electron chi connectivity index (χ1n) is 13.7. The Balaban J connectivity index is 1.42. The number of hydrogen-bond acceptors (Lipinski definition) is 4. The van der Waals surface area contributed by atoms with Gasteiger partial charge in [-0.3, -0.25) is 14.4 Å². The molecular formula is C34H30F3N3O3S. The lowest BCUT2D eigenvalue weighted by Gasteiger charge is -2.13. The van der Waals surface area contributed by atoms with Crippen LogP contribution in [0.25, 0.3) is 6.08 Å². The van der Waals surface area contributed by atoms with E-state index < -0.39 is 29.5 Å². The Morgan fingerprint density at radius 1 is 0.795 bits per heavy atom. The van der Waals surface area contributed by atoms with Crippen molar-refractivity contribution < 1.29 is 27.6 Å². The smallest absolute Gasteiger partial charge is 0.325 e. The third-order valence-electron chi connectivity index (χ3n) is 6.43. The molecule has 4 aromatic rings. The van der Waals surface area contributed by atoms with Crippen molar-refractivity contribution in [3.8, 4) is 0 Å². The summed E-state index contributed by atoms with van der Waals surface area (Å²) < 4.78 is 39.6. The molecule has 0 bridgehead atoms. The van der Waals surface area contributed by atoms with Crippen molar-refractivity contribution in [3.63, 3.8) is 0 Å². The average molecular weight is 618 g/mol. The summed E-state index contributed by atoms with van der Waals surface area (Å²) in [5.74, 6) is -1.34. The van der Waals surface area contributed by atoms with E-state index in [1.807, 2.05) is 24.3 Å². The second kappa shape index (κ2) is 14.6.